The van der Waals surface area contributed by atoms with E-state index in [1.807, 2.05) is 37.6 Å². The molecule has 0 amide bonds. The van der Waals surface area contributed by atoms with Gasteiger partial charge in [0, 0.05) is 38.5 Å². The van der Waals surface area contributed by atoms with Crippen molar-refractivity contribution in [3.05, 3.63) is 64.3 Å². The third-order valence-corrected chi connectivity index (χ3v) is 4.57. The van der Waals surface area contributed by atoms with E-state index in [-0.39, 0.29) is 6.61 Å². The summed E-state index contributed by atoms with van der Waals surface area (Å²) in [6, 6.07) is 5.72. The molecule has 3 heterocycles. The molecule has 3 rings (SSSR count). The van der Waals surface area contributed by atoms with Crippen molar-refractivity contribution in [2.24, 2.45) is 0 Å². The summed E-state index contributed by atoms with van der Waals surface area (Å²) in [6.07, 6.45) is 5.97. The molecule has 0 saturated carbocycles. The van der Waals surface area contributed by atoms with Gasteiger partial charge < -0.3 is 10.8 Å². The second-order valence-corrected chi connectivity index (χ2v) is 6.12. The molecule has 0 aliphatic rings. The molecule has 126 valence electrons. The van der Waals surface area contributed by atoms with Crippen molar-refractivity contribution in [3.63, 3.8) is 0 Å². The van der Waals surface area contributed by atoms with Gasteiger partial charge in [-0.25, -0.2) is 9.97 Å². The monoisotopic (exact) mass is 344 g/mol. The molecule has 0 aromatic carbocycles. The van der Waals surface area contributed by atoms with Crippen molar-refractivity contribution in [1.29, 1.82) is 0 Å². The molecule has 24 heavy (non-hydrogen) atoms. The maximum atomic E-state index is 8.98. The highest BCUT2D eigenvalue weighted by atomic mass is 32.1. The van der Waals surface area contributed by atoms with E-state index >= 15 is 0 Å². The van der Waals surface area contributed by atoms with Crippen molar-refractivity contribution in [2.45, 2.75) is 26.8 Å². The molecule has 0 aliphatic carbocycles. The van der Waals surface area contributed by atoms with E-state index in [2.05, 4.69) is 19.5 Å². The second-order valence-electron chi connectivity index (χ2n) is 5.19. The highest BCUT2D eigenvalue weighted by Gasteiger charge is 2.16. The van der Waals surface area contributed by atoms with Gasteiger partial charge in [-0.1, -0.05) is 17.4 Å². The Morgan fingerprint density at radius 3 is 2.50 bits per heavy atom. The molecule has 7 heteroatoms. The number of hydrogen-bond acceptors (Lipinski definition) is 6. The van der Waals surface area contributed by atoms with Crippen LogP contribution in [0.1, 0.15) is 22.0 Å². The number of aromatic nitrogens is 4. The Labute approximate surface area is 145 Å². The topological polar surface area (TPSA) is 88.8 Å². The van der Waals surface area contributed by atoms with Crippen LogP contribution >= 0.6 is 11.3 Å². The third kappa shape index (κ3) is 5.07. The quantitative estimate of drug-likeness (QED) is 0.703. The van der Waals surface area contributed by atoms with Crippen LogP contribution in [0.15, 0.2) is 42.3 Å². The van der Waals surface area contributed by atoms with Gasteiger partial charge in [-0.15, -0.1) is 0 Å². The number of nitrogens with zero attached hydrogens (tertiary/aromatic N) is 4. The molecular formula is C17H22N5OS+. The lowest BCUT2D eigenvalue weighted by Crippen LogP contribution is -2.35. The zero-order valence-corrected chi connectivity index (χ0v) is 14.7. The summed E-state index contributed by atoms with van der Waals surface area (Å²) in [7, 11) is 0. The molecular weight excluding hydrogens is 322 g/mol. The third-order valence-electron chi connectivity index (χ3n) is 3.42. The minimum Gasteiger partial charge on any atom is -0.396 e. The standard InChI is InChI=1S/C12H17N4OS.C5H5N/c1-8-11(3-4-17)18-7-16(8)6-10-5-14-9(2)15-12(10)13;1-2-4-6-5-3-1/h5,7,17H,3-4,6H2,1-2H3,(H2,13,14,15);1-5H/q+1;. The summed E-state index contributed by atoms with van der Waals surface area (Å²) in [6.45, 7) is 4.71. The number of pyridine rings is 1. The van der Waals surface area contributed by atoms with Crippen molar-refractivity contribution < 1.29 is 9.67 Å². The first kappa shape index (κ1) is 18.0. The first-order valence-electron chi connectivity index (χ1n) is 7.62. The lowest BCUT2D eigenvalue weighted by Gasteiger charge is -2.01. The average molecular weight is 344 g/mol. The Morgan fingerprint density at radius 1 is 1.21 bits per heavy atom. The maximum Gasteiger partial charge on any atom is 0.225 e. The van der Waals surface area contributed by atoms with Gasteiger partial charge in [-0.05, 0) is 19.1 Å². The lowest BCUT2D eigenvalue weighted by atomic mass is 10.2. The largest absolute Gasteiger partial charge is 0.396 e. The summed E-state index contributed by atoms with van der Waals surface area (Å²) in [5.74, 6) is 1.22. The highest BCUT2D eigenvalue weighted by Crippen LogP contribution is 2.13. The summed E-state index contributed by atoms with van der Waals surface area (Å²) >= 11 is 1.65. The molecule has 3 aromatic heterocycles. The minimum atomic E-state index is 0.178. The van der Waals surface area contributed by atoms with Crippen molar-refractivity contribution in [1.82, 2.24) is 15.0 Å². The van der Waals surface area contributed by atoms with Crippen LogP contribution in [0.5, 0.6) is 0 Å². The van der Waals surface area contributed by atoms with Gasteiger partial charge in [-0.2, -0.15) is 4.57 Å². The van der Waals surface area contributed by atoms with Crippen molar-refractivity contribution in [2.75, 3.05) is 12.3 Å². The Balaban J connectivity index is 0.000000292. The van der Waals surface area contributed by atoms with Gasteiger partial charge in [0.25, 0.3) is 0 Å². The Kier molecular flexibility index (Phi) is 6.77. The van der Waals surface area contributed by atoms with Gasteiger partial charge in [0.05, 0.1) is 10.4 Å². The van der Waals surface area contributed by atoms with Crippen LogP contribution in [-0.4, -0.2) is 26.7 Å². The van der Waals surface area contributed by atoms with Crippen LogP contribution in [0.25, 0.3) is 0 Å². The van der Waals surface area contributed by atoms with Gasteiger partial charge in [0.15, 0.2) is 12.2 Å². The number of thiazole rings is 1. The number of anilines is 1. The molecule has 3 aromatic rings. The number of nitrogen functional groups attached to an aromatic ring is 1. The van der Waals surface area contributed by atoms with E-state index in [0.717, 1.165) is 11.3 Å². The SMILES string of the molecule is Cc1ncc(C[n+]2csc(CCO)c2C)c(N)n1.c1ccncc1. The van der Waals surface area contributed by atoms with Crippen molar-refractivity contribution in [3.8, 4) is 0 Å². The van der Waals surface area contributed by atoms with Crippen LogP contribution < -0.4 is 10.3 Å². The van der Waals surface area contributed by atoms with Gasteiger partial charge in [0.1, 0.15) is 11.6 Å². The fourth-order valence-electron chi connectivity index (χ4n) is 2.08. The van der Waals surface area contributed by atoms with Crippen LogP contribution in [0.2, 0.25) is 0 Å². The predicted molar refractivity (Wildman–Crippen MR) is 94.6 cm³/mol. The highest BCUT2D eigenvalue weighted by molar-refractivity contribution is 7.09. The second kappa shape index (κ2) is 9.05. The van der Waals surface area contributed by atoms with E-state index in [1.165, 1.54) is 4.88 Å². The molecule has 6 nitrogen and oxygen atoms in total. The molecule has 0 bridgehead atoms. The molecule has 0 unspecified atom stereocenters. The molecule has 0 spiro atoms. The van der Waals surface area contributed by atoms with Crippen LogP contribution in [-0.2, 0) is 13.0 Å². The van der Waals surface area contributed by atoms with Gasteiger partial charge in [0.2, 0.25) is 5.51 Å². The van der Waals surface area contributed by atoms with Crippen LogP contribution in [0, 0.1) is 13.8 Å². The fraction of sp³-hybridized carbons (Fsp3) is 0.294. The zero-order valence-electron chi connectivity index (χ0n) is 13.9. The van der Waals surface area contributed by atoms with Gasteiger partial charge >= 0.3 is 0 Å². The summed E-state index contributed by atoms with van der Waals surface area (Å²) in [5, 5.41) is 8.98. The van der Waals surface area contributed by atoms with Crippen LogP contribution in [0.3, 0.4) is 0 Å². The number of aliphatic hydroxyl groups is 1. The Bertz CT molecular complexity index is 734. The minimum absolute atomic E-state index is 0.178. The number of hydrogen-bond donors (Lipinski definition) is 2. The summed E-state index contributed by atoms with van der Waals surface area (Å²) in [5.41, 5.74) is 10.0. The van der Waals surface area contributed by atoms with E-state index in [0.29, 0.717) is 24.6 Å². The average Bonchev–Trinajstić information content (AvgIpc) is 2.93. The first-order chi connectivity index (χ1) is 11.6. The molecule has 0 atom stereocenters. The maximum absolute atomic E-state index is 8.98. The Morgan fingerprint density at radius 2 is 1.96 bits per heavy atom. The molecule has 0 radical (unpaired) electrons. The predicted octanol–water partition coefficient (Wildman–Crippen LogP) is 1.69. The normalized spacial score (nSPS) is 10.1. The Hall–Kier alpha value is -2.38. The molecule has 0 fully saturated rings. The molecule has 3 N–H and O–H groups in total. The van der Waals surface area contributed by atoms with E-state index in [4.69, 9.17) is 10.8 Å². The van der Waals surface area contributed by atoms with E-state index in [9.17, 15) is 0 Å². The zero-order chi connectivity index (χ0) is 17.4. The van der Waals surface area contributed by atoms with Gasteiger partial charge in [-0.3, -0.25) is 4.98 Å². The fourth-order valence-corrected chi connectivity index (χ4v) is 3.06. The lowest BCUT2D eigenvalue weighted by molar-refractivity contribution is -0.689. The number of nitrogens with two attached hydrogens (primary N) is 1. The van der Waals surface area contributed by atoms with E-state index in [1.54, 1.807) is 29.9 Å². The number of aliphatic hydroxyl groups excluding tert-OH is 1. The summed E-state index contributed by atoms with van der Waals surface area (Å²) < 4.78 is 2.11. The smallest absolute Gasteiger partial charge is 0.225 e. The van der Waals surface area contributed by atoms with Crippen LogP contribution in [0.4, 0.5) is 5.82 Å². The number of rotatable bonds is 4. The summed E-state index contributed by atoms with van der Waals surface area (Å²) in [4.78, 5) is 13.3. The van der Waals surface area contributed by atoms with E-state index < -0.39 is 0 Å². The molecule has 0 aliphatic heterocycles. The number of aryl methyl sites for hydroxylation is 1. The van der Waals surface area contributed by atoms with Crippen molar-refractivity contribution >= 4 is 17.2 Å². The molecule has 0 saturated heterocycles. The first-order valence-corrected chi connectivity index (χ1v) is 8.50.